The van der Waals surface area contributed by atoms with Gasteiger partial charge in [0.2, 0.25) is 10.9 Å². The maximum absolute atomic E-state index is 13.0. The topological polar surface area (TPSA) is 95.6 Å². The summed E-state index contributed by atoms with van der Waals surface area (Å²) < 4.78 is 37.1. The normalized spacial score (nSPS) is 16.6. The zero-order valence-corrected chi connectivity index (χ0v) is 13.7. The number of benzene rings is 2. The van der Waals surface area contributed by atoms with Crippen molar-refractivity contribution in [3.8, 4) is 11.1 Å². The molecule has 0 unspecified atom stereocenters. The van der Waals surface area contributed by atoms with E-state index in [2.05, 4.69) is 10.6 Å². The van der Waals surface area contributed by atoms with Gasteiger partial charge in [-0.3, -0.25) is 14.4 Å². The van der Waals surface area contributed by atoms with Crippen molar-refractivity contribution in [1.29, 1.82) is 0 Å². The molecule has 1 atom stereocenters. The first-order valence-electron chi connectivity index (χ1n) is 7.33. The standard InChI is InChI=1S/C16H14FN3O4S/c17-12-5-1-10(2-6-12)11-3-7-13(8-4-11)20(25(23)24)9-14-15(21)19-16(22)18-14/h1-8,14,25H,9H2,(H2,18,19,21,22)/t14-/m0/s1. The molecule has 2 N–H and O–H groups in total. The predicted molar refractivity (Wildman–Crippen MR) is 90.0 cm³/mol. The fourth-order valence-corrected chi connectivity index (χ4v) is 3.11. The molecule has 0 bridgehead atoms. The smallest absolute Gasteiger partial charge is 0.322 e. The predicted octanol–water partition coefficient (Wildman–Crippen LogP) is 1.03. The average Bonchev–Trinajstić information content (AvgIpc) is 2.91. The van der Waals surface area contributed by atoms with E-state index in [0.717, 1.165) is 15.4 Å². The van der Waals surface area contributed by atoms with Gasteiger partial charge in [-0.25, -0.2) is 17.6 Å². The quantitative estimate of drug-likeness (QED) is 0.546. The van der Waals surface area contributed by atoms with Gasteiger partial charge in [0.1, 0.15) is 11.9 Å². The molecule has 7 nitrogen and oxygen atoms in total. The number of nitrogens with zero attached hydrogens (tertiary/aromatic N) is 1. The highest BCUT2D eigenvalue weighted by atomic mass is 32.2. The summed E-state index contributed by atoms with van der Waals surface area (Å²) in [5.74, 6) is -0.915. The number of rotatable bonds is 5. The Bertz CT molecular complexity index is 873. The molecule has 9 heteroatoms. The average molecular weight is 363 g/mol. The number of hydrogen-bond acceptors (Lipinski definition) is 4. The van der Waals surface area contributed by atoms with Crippen LogP contribution in [0.4, 0.5) is 14.9 Å². The zero-order valence-electron chi connectivity index (χ0n) is 12.8. The molecule has 1 aliphatic rings. The van der Waals surface area contributed by atoms with Gasteiger partial charge in [0.25, 0.3) is 5.91 Å². The third-order valence-corrected chi connectivity index (χ3v) is 4.54. The second kappa shape index (κ2) is 6.89. The Morgan fingerprint density at radius 3 is 2.00 bits per heavy atom. The lowest BCUT2D eigenvalue weighted by molar-refractivity contribution is -0.119. The van der Waals surface area contributed by atoms with Crippen LogP contribution in [-0.4, -0.2) is 32.9 Å². The molecular weight excluding hydrogens is 349 g/mol. The van der Waals surface area contributed by atoms with Crippen LogP contribution in [0.2, 0.25) is 0 Å². The van der Waals surface area contributed by atoms with Crippen molar-refractivity contribution in [2.45, 2.75) is 6.04 Å². The van der Waals surface area contributed by atoms with Crippen LogP contribution >= 0.6 is 0 Å². The zero-order chi connectivity index (χ0) is 18.0. The molecule has 1 fully saturated rings. The summed E-state index contributed by atoms with van der Waals surface area (Å²) in [6.07, 6.45) is 0. The molecule has 3 amide bonds. The van der Waals surface area contributed by atoms with Crippen LogP contribution in [0.1, 0.15) is 0 Å². The molecule has 3 rings (SSSR count). The minimum Gasteiger partial charge on any atom is -0.324 e. The second-order valence-corrected chi connectivity index (χ2v) is 6.35. The van der Waals surface area contributed by atoms with Crippen molar-refractivity contribution in [1.82, 2.24) is 10.6 Å². The Hall–Kier alpha value is -2.94. The van der Waals surface area contributed by atoms with Crippen LogP contribution in [0.15, 0.2) is 48.5 Å². The fraction of sp³-hybridized carbons (Fsp3) is 0.125. The molecule has 0 aliphatic carbocycles. The van der Waals surface area contributed by atoms with E-state index in [4.69, 9.17) is 0 Å². The second-order valence-electron chi connectivity index (χ2n) is 5.39. The number of carbonyl (C=O) groups is 2. The number of nitrogens with one attached hydrogen (secondary N) is 2. The lowest BCUT2D eigenvalue weighted by Crippen LogP contribution is -2.41. The van der Waals surface area contributed by atoms with E-state index < -0.39 is 28.9 Å². The van der Waals surface area contributed by atoms with Crippen LogP contribution in [0.5, 0.6) is 0 Å². The lowest BCUT2D eigenvalue weighted by atomic mass is 10.1. The van der Waals surface area contributed by atoms with E-state index in [1.165, 1.54) is 12.1 Å². The van der Waals surface area contributed by atoms with E-state index in [9.17, 15) is 22.4 Å². The van der Waals surface area contributed by atoms with Gasteiger partial charge in [-0.15, -0.1) is 0 Å². The molecule has 0 aromatic heterocycles. The first kappa shape index (κ1) is 16.9. The number of amides is 3. The number of thiol groups is 1. The van der Waals surface area contributed by atoms with Gasteiger partial charge in [0.15, 0.2) is 0 Å². The molecule has 0 spiro atoms. The number of carbonyl (C=O) groups excluding carboxylic acids is 2. The molecule has 1 aliphatic heterocycles. The van der Waals surface area contributed by atoms with Crippen molar-refractivity contribution < 1.29 is 22.4 Å². The summed E-state index contributed by atoms with van der Waals surface area (Å²) >= 11 is 0. The van der Waals surface area contributed by atoms with Crippen molar-refractivity contribution in [3.63, 3.8) is 0 Å². The van der Waals surface area contributed by atoms with Crippen molar-refractivity contribution in [2.24, 2.45) is 0 Å². The highest BCUT2D eigenvalue weighted by Gasteiger charge is 2.31. The Labute approximate surface area is 144 Å². The van der Waals surface area contributed by atoms with Crippen LogP contribution < -0.4 is 14.9 Å². The van der Waals surface area contributed by atoms with Gasteiger partial charge >= 0.3 is 6.03 Å². The molecule has 0 saturated carbocycles. The molecule has 25 heavy (non-hydrogen) atoms. The Morgan fingerprint density at radius 1 is 0.960 bits per heavy atom. The molecular formula is C16H14FN3O4S. The molecule has 2 aromatic rings. The summed E-state index contributed by atoms with van der Waals surface area (Å²) in [5, 5.41) is 4.41. The third-order valence-electron chi connectivity index (χ3n) is 3.75. The monoisotopic (exact) mass is 363 g/mol. The molecule has 0 radical (unpaired) electrons. The van der Waals surface area contributed by atoms with Crippen LogP contribution in [-0.2, 0) is 15.7 Å². The number of imide groups is 1. The molecule has 1 saturated heterocycles. The number of hydrogen-bond donors (Lipinski definition) is 3. The summed E-state index contributed by atoms with van der Waals surface area (Å²) in [7, 11) is -3.01. The first-order chi connectivity index (χ1) is 11.9. The highest BCUT2D eigenvalue weighted by molar-refractivity contribution is 7.74. The molecule has 1 heterocycles. The Morgan fingerprint density at radius 2 is 1.52 bits per heavy atom. The maximum atomic E-state index is 13.0. The van der Waals surface area contributed by atoms with Crippen LogP contribution in [0.3, 0.4) is 0 Å². The fourth-order valence-electron chi connectivity index (χ4n) is 2.50. The van der Waals surface area contributed by atoms with E-state index in [0.29, 0.717) is 5.69 Å². The number of urea groups is 1. The van der Waals surface area contributed by atoms with Crippen molar-refractivity contribution in [2.75, 3.05) is 10.8 Å². The molecule has 130 valence electrons. The van der Waals surface area contributed by atoms with E-state index in [-0.39, 0.29) is 12.4 Å². The summed E-state index contributed by atoms with van der Waals surface area (Å²) in [4.78, 5) is 22.7. The number of halogens is 1. The maximum Gasteiger partial charge on any atom is 0.322 e. The Kier molecular flexibility index (Phi) is 4.66. The summed E-state index contributed by atoms with van der Waals surface area (Å²) in [5.41, 5.74) is 1.93. The van der Waals surface area contributed by atoms with E-state index >= 15 is 0 Å². The highest BCUT2D eigenvalue weighted by Crippen LogP contribution is 2.24. The van der Waals surface area contributed by atoms with Gasteiger partial charge in [-0.2, -0.15) is 0 Å². The lowest BCUT2D eigenvalue weighted by Gasteiger charge is -2.20. The van der Waals surface area contributed by atoms with E-state index in [1.807, 2.05) is 0 Å². The largest absolute Gasteiger partial charge is 0.324 e. The van der Waals surface area contributed by atoms with Gasteiger partial charge in [-0.05, 0) is 35.4 Å². The summed E-state index contributed by atoms with van der Waals surface area (Å²) in [6, 6.07) is 10.9. The van der Waals surface area contributed by atoms with Gasteiger partial charge in [0.05, 0.1) is 12.2 Å². The SMILES string of the molecule is O=C1NC(=O)[C@H](CN(c2ccc(-c3ccc(F)cc3)cc2)[SH](=O)=O)N1. The number of anilines is 1. The van der Waals surface area contributed by atoms with E-state index in [1.54, 1.807) is 36.4 Å². The van der Waals surface area contributed by atoms with Crippen LogP contribution in [0.25, 0.3) is 11.1 Å². The minimum absolute atomic E-state index is 0.202. The first-order valence-corrected chi connectivity index (χ1v) is 8.46. The van der Waals surface area contributed by atoms with Gasteiger partial charge in [-0.1, -0.05) is 24.3 Å². The Balaban J connectivity index is 1.81. The van der Waals surface area contributed by atoms with Crippen molar-refractivity contribution in [3.05, 3.63) is 54.3 Å². The molecule has 2 aromatic carbocycles. The van der Waals surface area contributed by atoms with Gasteiger partial charge < -0.3 is 5.32 Å². The summed E-state index contributed by atoms with van der Waals surface area (Å²) in [6.45, 7) is -0.202. The van der Waals surface area contributed by atoms with Crippen LogP contribution in [0, 0.1) is 5.82 Å². The third kappa shape index (κ3) is 3.77. The minimum atomic E-state index is -3.01. The van der Waals surface area contributed by atoms with Gasteiger partial charge in [0, 0.05) is 0 Å². The van der Waals surface area contributed by atoms with Crippen molar-refractivity contribution >= 4 is 28.5 Å².